The number of thioether (sulfide) groups is 1. The molecule has 1 atom stereocenters. The molecule has 0 aliphatic carbocycles. The van der Waals surface area contributed by atoms with Crippen molar-refractivity contribution in [3.8, 4) is 0 Å². The number of nitrogens with one attached hydrogen (secondary N) is 2. The van der Waals surface area contributed by atoms with Crippen LogP contribution in [0.2, 0.25) is 0 Å². The number of rotatable bonds is 6. The zero-order valence-electron chi connectivity index (χ0n) is 17.2. The highest BCUT2D eigenvalue weighted by Gasteiger charge is 2.40. The molecule has 2 heterocycles. The van der Waals surface area contributed by atoms with Gasteiger partial charge in [-0.15, -0.1) is 11.3 Å². The first-order chi connectivity index (χ1) is 15.8. The van der Waals surface area contributed by atoms with Crippen molar-refractivity contribution in [2.24, 2.45) is 0 Å². The molecule has 3 aromatic rings. The first-order valence-electron chi connectivity index (χ1n) is 9.90. The van der Waals surface area contributed by atoms with Crippen LogP contribution in [0.5, 0.6) is 0 Å². The van der Waals surface area contributed by atoms with Crippen LogP contribution in [0.3, 0.4) is 0 Å². The maximum absolute atomic E-state index is 13.7. The van der Waals surface area contributed by atoms with E-state index in [0.717, 1.165) is 16.3 Å². The topological polar surface area (TPSA) is 80.3 Å². The number of para-hydroxylation sites is 1. The number of hydrogen-bond acceptors (Lipinski definition) is 6. The summed E-state index contributed by atoms with van der Waals surface area (Å²) in [6.45, 7) is 1.63. The Morgan fingerprint density at radius 1 is 1.18 bits per heavy atom. The normalized spacial score (nSPS) is 16.5. The molecule has 0 saturated carbocycles. The highest BCUT2D eigenvalue weighted by molar-refractivity contribution is 8.01. The summed E-state index contributed by atoms with van der Waals surface area (Å²) in [7, 11) is 0. The summed E-state index contributed by atoms with van der Waals surface area (Å²) in [6.07, 6.45) is -4.66. The predicted molar refractivity (Wildman–Crippen MR) is 120 cm³/mol. The van der Waals surface area contributed by atoms with Crippen LogP contribution in [0.1, 0.15) is 24.1 Å². The minimum Gasteiger partial charge on any atom is -0.463 e. The number of fused-ring (bicyclic) bond motifs is 1. The maximum Gasteiger partial charge on any atom is 0.416 e. The highest BCUT2D eigenvalue weighted by Crippen LogP contribution is 2.39. The maximum atomic E-state index is 13.7. The molecule has 0 saturated heterocycles. The Morgan fingerprint density at radius 3 is 2.64 bits per heavy atom. The summed E-state index contributed by atoms with van der Waals surface area (Å²) in [6, 6.07) is 10.4. The average Bonchev–Trinajstić information content (AvgIpc) is 3.20. The van der Waals surface area contributed by atoms with Crippen LogP contribution in [0, 0.1) is 0 Å². The van der Waals surface area contributed by atoms with Gasteiger partial charge in [-0.3, -0.25) is 0 Å². The number of esters is 1. The van der Waals surface area contributed by atoms with Gasteiger partial charge in [0.25, 0.3) is 0 Å². The van der Waals surface area contributed by atoms with E-state index in [4.69, 9.17) is 4.74 Å². The number of urea groups is 1. The van der Waals surface area contributed by atoms with Gasteiger partial charge in [0, 0.05) is 11.4 Å². The Morgan fingerprint density at radius 2 is 1.91 bits per heavy atom. The van der Waals surface area contributed by atoms with Crippen molar-refractivity contribution < 1.29 is 27.5 Å². The Bertz CT molecular complexity index is 1210. The van der Waals surface area contributed by atoms with Gasteiger partial charge in [-0.25, -0.2) is 14.6 Å². The minimum absolute atomic E-state index is 0.0300. The van der Waals surface area contributed by atoms with E-state index < -0.39 is 29.8 Å². The van der Waals surface area contributed by atoms with Crippen LogP contribution in [-0.4, -0.2) is 29.3 Å². The fraction of sp³-hybridized carbons (Fsp3) is 0.227. The van der Waals surface area contributed by atoms with E-state index in [9.17, 15) is 22.8 Å². The van der Waals surface area contributed by atoms with Crippen molar-refractivity contribution in [1.29, 1.82) is 0 Å². The summed E-state index contributed by atoms with van der Waals surface area (Å²) in [4.78, 5) is 29.7. The van der Waals surface area contributed by atoms with Crippen LogP contribution < -0.4 is 10.6 Å². The molecule has 0 bridgehead atoms. The third kappa shape index (κ3) is 4.98. The largest absolute Gasteiger partial charge is 0.463 e. The van der Waals surface area contributed by atoms with Gasteiger partial charge >= 0.3 is 18.2 Å². The number of carbonyl (C=O) groups excluding carboxylic acids is 2. The lowest BCUT2D eigenvalue weighted by Gasteiger charge is -2.30. The number of amides is 2. The number of ether oxygens (including phenoxy) is 1. The number of aromatic nitrogens is 1. The molecule has 1 aliphatic rings. The molecule has 172 valence electrons. The lowest BCUT2D eigenvalue weighted by Crippen LogP contribution is -2.47. The molecule has 0 unspecified atom stereocenters. The highest BCUT2D eigenvalue weighted by atomic mass is 32.2. The Balaban J connectivity index is 1.74. The molecule has 2 amide bonds. The molecule has 2 aromatic carbocycles. The van der Waals surface area contributed by atoms with E-state index in [-0.39, 0.29) is 29.2 Å². The first-order valence-corrected chi connectivity index (χ1v) is 11.7. The monoisotopic (exact) mass is 493 g/mol. The third-order valence-electron chi connectivity index (χ3n) is 4.84. The lowest BCUT2D eigenvalue weighted by atomic mass is 9.91. The van der Waals surface area contributed by atoms with Crippen molar-refractivity contribution in [2.75, 3.05) is 12.4 Å². The summed E-state index contributed by atoms with van der Waals surface area (Å²) in [5, 5.41) is 5.02. The molecule has 0 fully saturated rings. The Labute approximate surface area is 195 Å². The van der Waals surface area contributed by atoms with Gasteiger partial charge in [0.15, 0.2) is 4.34 Å². The minimum atomic E-state index is -4.66. The first kappa shape index (κ1) is 23.1. The SMILES string of the molecule is CCOC(=O)C1=C(CSc2nc3ccccc3s2)NC(=O)N[C@@H]1c1ccccc1C(F)(F)F. The number of alkyl halides is 3. The zero-order valence-corrected chi connectivity index (χ0v) is 18.9. The standard InChI is InChI=1S/C22H18F3N3O3S2/c1-2-31-19(29)17-15(11-32-21-27-14-9-5-6-10-16(14)33-21)26-20(30)28-18(17)12-7-3-4-8-13(12)22(23,24)25/h3-10,18H,2,11H2,1H3,(H2,26,28,30)/t18-/m1/s1. The zero-order chi connectivity index (χ0) is 23.6. The molecule has 1 aliphatic heterocycles. The second kappa shape index (κ2) is 9.44. The molecule has 4 rings (SSSR count). The fourth-order valence-corrected chi connectivity index (χ4v) is 5.51. The van der Waals surface area contributed by atoms with Crippen molar-refractivity contribution in [1.82, 2.24) is 15.6 Å². The van der Waals surface area contributed by atoms with Crippen molar-refractivity contribution >= 4 is 45.3 Å². The summed E-state index contributed by atoms with van der Waals surface area (Å²) in [5.41, 5.74) is -0.233. The Kier molecular flexibility index (Phi) is 6.61. The molecule has 2 N–H and O–H groups in total. The van der Waals surface area contributed by atoms with Crippen LogP contribution >= 0.6 is 23.1 Å². The van der Waals surface area contributed by atoms with Crippen molar-refractivity contribution in [3.63, 3.8) is 0 Å². The number of thiazole rings is 1. The van der Waals surface area contributed by atoms with Gasteiger partial charge in [0.05, 0.1) is 34.0 Å². The third-order valence-corrected chi connectivity index (χ3v) is 7.05. The van der Waals surface area contributed by atoms with E-state index >= 15 is 0 Å². The van der Waals surface area contributed by atoms with Crippen LogP contribution in [0.25, 0.3) is 10.2 Å². The van der Waals surface area contributed by atoms with Crippen LogP contribution in [0.15, 0.2) is 64.1 Å². The second-order valence-corrected chi connectivity index (χ2v) is 9.22. The molecular formula is C22H18F3N3O3S2. The smallest absolute Gasteiger partial charge is 0.416 e. The number of benzene rings is 2. The van der Waals surface area contributed by atoms with Crippen molar-refractivity contribution in [3.05, 3.63) is 70.9 Å². The second-order valence-electron chi connectivity index (χ2n) is 6.97. The molecule has 0 radical (unpaired) electrons. The van der Waals surface area contributed by atoms with Gasteiger partial charge in [-0.05, 0) is 30.7 Å². The van der Waals surface area contributed by atoms with Crippen LogP contribution in [0.4, 0.5) is 18.0 Å². The number of hydrogen-bond donors (Lipinski definition) is 2. The van der Waals surface area contributed by atoms with E-state index in [1.165, 1.54) is 41.3 Å². The fourth-order valence-electron chi connectivity index (χ4n) is 3.47. The van der Waals surface area contributed by atoms with Crippen molar-refractivity contribution in [2.45, 2.75) is 23.5 Å². The van der Waals surface area contributed by atoms with E-state index in [1.807, 2.05) is 24.3 Å². The summed E-state index contributed by atoms with van der Waals surface area (Å²) < 4.78 is 47.8. The number of nitrogens with zero attached hydrogens (tertiary/aromatic N) is 1. The quantitative estimate of drug-likeness (QED) is 0.361. The van der Waals surface area contributed by atoms with E-state index in [1.54, 1.807) is 6.92 Å². The molecule has 33 heavy (non-hydrogen) atoms. The average molecular weight is 494 g/mol. The van der Waals surface area contributed by atoms with Gasteiger partial charge in [-0.2, -0.15) is 13.2 Å². The number of carbonyl (C=O) groups is 2. The van der Waals surface area contributed by atoms with Gasteiger partial charge in [0.1, 0.15) is 0 Å². The molecular weight excluding hydrogens is 475 g/mol. The van der Waals surface area contributed by atoms with E-state index in [2.05, 4.69) is 15.6 Å². The van der Waals surface area contributed by atoms with Crippen LogP contribution in [-0.2, 0) is 15.7 Å². The predicted octanol–water partition coefficient (Wildman–Crippen LogP) is 5.28. The van der Waals surface area contributed by atoms with Gasteiger partial charge in [-0.1, -0.05) is 42.1 Å². The summed E-state index contributed by atoms with van der Waals surface area (Å²) in [5.74, 6) is -0.682. The Hall–Kier alpha value is -3.05. The van der Waals surface area contributed by atoms with E-state index in [0.29, 0.717) is 4.34 Å². The molecule has 6 nitrogen and oxygen atoms in total. The molecule has 0 spiro atoms. The number of halogens is 3. The lowest BCUT2D eigenvalue weighted by molar-refractivity contribution is -0.141. The summed E-state index contributed by atoms with van der Waals surface area (Å²) >= 11 is 2.72. The van der Waals surface area contributed by atoms with Gasteiger partial charge in [0.2, 0.25) is 0 Å². The molecule has 11 heteroatoms. The van der Waals surface area contributed by atoms with Gasteiger partial charge < -0.3 is 15.4 Å². The molecule has 1 aromatic heterocycles.